The molecule has 0 aliphatic heterocycles. The molecule has 17 heavy (non-hydrogen) atoms. The minimum atomic E-state index is -0.814. The Kier molecular flexibility index (Phi) is 2.35. The van der Waals surface area contributed by atoms with Crippen LogP contribution in [0.2, 0.25) is 0 Å². The summed E-state index contributed by atoms with van der Waals surface area (Å²) in [6, 6.07) is 0. The Hall–Kier alpha value is -0.570. The maximum atomic E-state index is 11.4. The fraction of sp³-hybridized carbons (Fsp3) is 0.929. The molecule has 4 aliphatic rings. The molecule has 4 aliphatic carbocycles. The summed E-state index contributed by atoms with van der Waals surface area (Å²) in [4.78, 5) is 11.4. The van der Waals surface area contributed by atoms with Gasteiger partial charge in [0.05, 0.1) is 5.54 Å². The normalized spacial score (nSPS) is 46.8. The molecule has 0 aromatic rings. The lowest BCUT2D eigenvalue weighted by molar-refractivity contribution is -0.127. The summed E-state index contributed by atoms with van der Waals surface area (Å²) >= 11 is 0. The predicted molar refractivity (Wildman–Crippen MR) is 67.0 cm³/mol. The summed E-state index contributed by atoms with van der Waals surface area (Å²) in [5, 5.41) is 0. The van der Waals surface area contributed by atoms with Crippen molar-refractivity contribution in [2.75, 3.05) is 0 Å². The van der Waals surface area contributed by atoms with E-state index in [0.717, 1.165) is 24.2 Å². The van der Waals surface area contributed by atoms with E-state index in [1.807, 2.05) is 6.92 Å². The van der Waals surface area contributed by atoms with Gasteiger partial charge in [-0.2, -0.15) is 0 Å². The van der Waals surface area contributed by atoms with Gasteiger partial charge in [0, 0.05) is 0 Å². The molecule has 1 atom stereocenters. The fourth-order valence-electron chi connectivity index (χ4n) is 5.37. The minimum Gasteiger partial charge on any atom is -0.368 e. The molecule has 3 nitrogen and oxygen atoms in total. The highest BCUT2D eigenvalue weighted by Crippen LogP contribution is 2.62. The maximum absolute atomic E-state index is 11.4. The van der Waals surface area contributed by atoms with Gasteiger partial charge in [-0.05, 0) is 75.0 Å². The van der Waals surface area contributed by atoms with E-state index in [9.17, 15) is 4.79 Å². The fourth-order valence-corrected chi connectivity index (χ4v) is 5.37. The van der Waals surface area contributed by atoms with Crippen molar-refractivity contribution in [1.82, 2.24) is 0 Å². The molecule has 1 amide bonds. The number of carbonyl (C=O) groups excluding carboxylic acids is 1. The van der Waals surface area contributed by atoms with E-state index in [2.05, 4.69) is 0 Å². The van der Waals surface area contributed by atoms with Crippen molar-refractivity contribution in [1.29, 1.82) is 0 Å². The Labute approximate surface area is 103 Å². The molecule has 4 N–H and O–H groups in total. The molecule has 0 spiro atoms. The second-order valence-electron chi connectivity index (χ2n) is 7.38. The average molecular weight is 236 g/mol. The topological polar surface area (TPSA) is 69.1 Å². The summed E-state index contributed by atoms with van der Waals surface area (Å²) in [7, 11) is 0. The van der Waals surface area contributed by atoms with Crippen LogP contribution in [0.25, 0.3) is 0 Å². The zero-order chi connectivity index (χ0) is 12.3. The van der Waals surface area contributed by atoms with Crippen LogP contribution in [0.1, 0.15) is 51.9 Å². The number of primary amides is 1. The Morgan fingerprint density at radius 1 is 1.18 bits per heavy atom. The number of carbonyl (C=O) groups is 1. The summed E-state index contributed by atoms with van der Waals surface area (Å²) in [6.07, 6.45) is 8.96. The smallest absolute Gasteiger partial charge is 0.237 e. The summed E-state index contributed by atoms with van der Waals surface area (Å²) in [5.41, 5.74) is 11.1. The van der Waals surface area contributed by atoms with Crippen LogP contribution in [0.15, 0.2) is 0 Å². The van der Waals surface area contributed by atoms with E-state index >= 15 is 0 Å². The van der Waals surface area contributed by atoms with Crippen molar-refractivity contribution in [3.05, 3.63) is 0 Å². The summed E-state index contributed by atoms with van der Waals surface area (Å²) < 4.78 is 0. The van der Waals surface area contributed by atoms with Gasteiger partial charge in [0.15, 0.2) is 0 Å². The van der Waals surface area contributed by atoms with E-state index in [0.29, 0.717) is 5.41 Å². The van der Waals surface area contributed by atoms with E-state index in [4.69, 9.17) is 11.5 Å². The van der Waals surface area contributed by atoms with Crippen molar-refractivity contribution in [3.8, 4) is 0 Å². The molecule has 1 unspecified atom stereocenters. The molecule has 0 radical (unpaired) electrons. The Morgan fingerprint density at radius 2 is 1.59 bits per heavy atom. The third-order valence-corrected chi connectivity index (χ3v) is 5.47. The largest absolute Gasteiger partial charge is 0.368 e. The number of rotatable bonds is 3. The first-order valence-corrected chi connectivity index (χ1v) is 6.97. The van der Waals surface area contributed by atoms with Gasteiger partial charge in [0.1, 0.15) is 0 Å². The molecule has 4 saturated carbocycles. The number of amides is 1. The van der Waals surface area contributed by atoms with Crippen molar-refractivity contribution < 1.29 is 4.79 Å². The monoisotopic (exact) mass is 236 g/mol. The predicted octanol–water partition coefficient (Wildman–Crippen LogP) is 1.80. The summed E-state index contributed by atoms with van der Waals surface area (Å²) in [5.74, 6) is 2.38. The van der Waals surface area contributed by atoms with Crippen LogP contribution >= 0.6 is 0 Å². The third kappa shape index (κ3) is 1.88. The van der Waals surface area contributed by atoms with Gasteiger partial charge in [0.25, 0.3) is 0 Å². The number of hydrogen-bond donors (Lipinski definition) is 2. The van der Waals surface area contributed by atoms with Crippen molar-refractivity contribution in [2.45, 2.75) is 57.4 Å². The molecule has 4 bridgehead atoms. The van der Waals surface area contributed by atoms with Crippen LogP contribution in [0, 0.1) is 23.2 Å². The van der Waals surface area contributed by atoms with Gasteiger partial charge in [-0.3, -0.25) is 4.79 Å². The van der Waals surface area contributed by atoms with Gasteiger partial charge in [-0.25, -0.2) is 0 Å². The zero-order valence-electron chi connectivity index (χ0n) is 10.7. The molecule has 3 heteroatoms. The lowest BCUT2D eigenvalue weighted by Gasteiger charge is -2.58. The molecule has 96 valence electrons. The molecule has 0 heterocycles. The maximum Gasteiger partial charge on any atom is 0.237 e. The van der Waals surface area contributed by atoms with Crippen LogP contribution in [0.5, 0.6) is 0 Å². The van der Waals surface area contributed by atoms with Gasteiger partial charge in [-0.1, -0.05) is 0 Å². The second-order valence-corrected chi connectivity index (χ2v) is 7.38. The van der Waals surface area contributed by atoms with Crippen LogP contribution < -0.4 is 11.5 Å². The third-order valence-electron chi connectivity index (χ3n) is 5.47. The molecule has 0 aromatic carbocycles. The van der Waals surface area contributed by atoms with E-state index in [-0.39, 0.29) is 5.91 Å². The first-order chi connectivity index (χ1) is 7.89. The first-order valence-electron chi connectivity index (χ1n) is 6.97. The highest BCUT2D eigenvalue weighted by molar-refractivity contribution is 5.83. The molecule has 0 aromatic heterocycles. The number of nitrogens with two attached hydrogens (primary N) is 2. The van der Waals surface area contributed by atoms with Crippen LogP contribution in [0.3, 0.4) is 0 Å². The summed E-state index contributed by atoms with van der Waals surface area (Å²) in [6.45, 7) is 1.81. The van der Waals surface area contributed by atoms with Gasteiger partial charge in [-0.15, -0.1) is 0 Å². The molecule has 0 saturated heterocycles. The molecule has 4 fully saturated rings. The van der Waals surface area contributed by atoms with Crippen LogP contribution in [0.4, 0.5) is 0 Å². The Morgan fingerprint density at radius 3 is 1.94 bits per heavy atom. The van der Waals surface area contributed by atoms with E-state index < -0.39 is 5.54 Å². The zero-order valence-corrected chi connectivity index (χ0v) is 10.7. The number of hydrogen-bond acceptors (Lipinski definition) is 2. The Bertz CT molecular complexity index is 313. The highest BCUT2D eigenvalue weighted by Gasteiger charge is 2.53. The second kappa shape index (κ2) is 3.47. The quantitative estimate of drug-likeness (QED) is 0.784. The van der Waals surface area contributed by atoms with Gasteiger partial charge >= 0.3 is 0 Å². The molecular formula is C14H24N2O. The SMILES string of the molecule is CC(N)(CC12CC3CC(CC(C3)C1)C2)C(N)=O. The lowest BCUT2D eigenvalue weighted by Crippen LogP contribution is -2.56. The standard InChI is InChI=1S/C14H24N2O/c1-13(16,12(15)17)8-14-5-9-2-10(6-14)4-11(3-9)7-14/h9-11H,2-8,16H2,1H3,(H2,15,17). The Balaban J connectivity index is 1.80. The van der Waals surface area contributed by atoms with Crippen LogP contribution in [-0.2, 0) is 4.79 Å². The molecular weight excluding hydrogens is 212 g/mol. The lowest BCUT2D eigenvalue weighted by atomic mass is 9.47. The van der Waals surface area contributed by atoms with E-state index in [1.165, 1.54) is 38.5 Å². The highest BCUT2D eigenvalue weighted by atomic mass is 16.1. The minimum absolute atomic E-state index is 0.340. The first kappa shape index (κ1) is 11.5. The molecule has 4 rings (SSSR count). The van der Waals surface area contributed by atoms with E-state index in [1.54, 1.807) is 0 Å². The van der Waals surface area contributed by atoms with Crippen molar-refractivity contribution in [2.24, 2.45) is 34.6 Å². The van der Waals surface area contributed by atoms with Crippen molar-refractivity contribution in [3.63, 3.8) is 0 Å². The van der Waals surface area contributed by atoms with Crippen molar-refractivity contribution >= 4 is 5.91 Å². The van der Waals surface area contributed by atoms with Gasteiger partial charge in [0.2, 0.25) is 5.91 Å². The van der Waals surface area contributed by atoms with Crippen LogP contribution in [-0.4, -0.2) is 11.4 Å². The van der Waals surface area contributed by atoms with Gasteiger partial charge < -0.3 is 11.5 Å². The average Bonchev–Trinajstić information content (AvgIpc) is 2.12.